The van der Waals surface area contributed by atoms with Crippen LogP contribution in [0.15, 0.2) is 24.3 Å². The van der Waals surface area contributed by atoms with E-state index in [1.165, 1.54) is 6.07 Å². The van der Waals surface area contributed by atoms with Crippen molar-refractivity contribution in [3.8, 4) is 0 Å². The molecule has 3 amide bonds. The number of hydrogen-bond donors (Lipinski definition) is 1. The first-order chi connectivity index (χ1) is 8.84. The van der Waals surface area contributed by atoms with Crippen molar-refractivity contribution in [2.75, 3.05) is 4.90 Å². The molecule has 1 aliphatic heterocycles. The number of rotatable bonds is 2. The number of urea groups is 1. The number of halogens is 3. The molecule has 19 heavy (non-hydrogen) atoms. The third kappa shape index (κ3) is 2.40. The number of nitrogens with one attached hydrogen (secondary N) is 1. The maximum Gasteiger partial charge on any atom is 0.416 e. The predicted molar refractivity (Wildman–Crippen MR) is 61.5 cm³/mol. The van der Waals surface area contributed by atoms with Crippen LogP contribution in [0.3, 0.4) is 0 Å². The first-order valence-electron chi connectivity index (χ1n) is 5.66. The molecule has 0 radical (unpaired) electrons. The Balaban J connectivity index is 2.38. The fourth-order valence-electron chi connectivity index (χ4n) is 1.87. The van der Waals surface area contributed by atoms with Crippen molar-refractivity contribution in [3.05, 3.63) is 29.8 Å². The number of carbonyl (C=O) groups is 2. The zero-order valence-electron chi connectivity index (χ0n) is 9.99. The summed E-state index contributed by atoms with van der Waals surface area (Å²) in [5, 5.41) is 2.42. The van der Waals surface area contributed by atoms with E-state index >= 15 is 0 Å². The number of amides is 3. The van der Waals surface area contributed by atoms with Gasteiger partial charge in [0.15, 0.2) is 0 Å². The fourth-order valence-corrected chi connectivity index (χ4v) is 1.87. The maximum absolute atomic E-state index is 12.6. The Morgan fingerprint density at radius 3 is 2.53 bits per heavy atom. The quantitative estimate of drug-likeness (QED) is 0.841. The molecule has 2 rings (SSSR count). The van der Waals surface area contributed by atoms with Crippen molar-refractivity contribution in [2.45, 2.75) is 25.6 Å². The molecule has 0 bridgehead atoms. The van der Waals surface area contributed by atoms with E-state index in [2.05, 4.69) is 5.32 Å². The molecular weight excluding hydrogens is 261 g/mol. The Kier molecular flexibility index (Phi) is 3.21. The monoisotopic (exact) mass is 272 g/mol. The van der Waals surface area contributed by atoms with Gasteiger partial charge in [0.05, 0.1) is 11.3 Å². The van der Waals surface area contributed by atoms with E-state index in [4.69, 9.17) is 0 Å². The molecule has 1 aromatic rings. The fraction of sp³-hybridized carbons (Fsp3) is 0.333. The Morgan fingerprint density at radius 2 is 2.00 bits per heavy atom. The van der Waals surface area contributed by atoms with Crippen LogP contribution in [-0.4, -0.2) is 18.0 Å². The highest BCUT2D eigenvalue weighted by molar-refractivity contribution is 6.21. The van der Waals surface area contributed by atoms with Crippen LogP contribution >= 0.6 is 0 Å². The summed E-state index contributed by atoms with van der Waals surface area (Å²) < 4.78 is 37.8. The molecule has 4 nitrogen and oxygen atoms in total. The number of imide groups is 1. The Labute approximate surface area is 107 Å². The van der Waals surface area contributed by atoms with E-state index in [9.17, 15) is 22.8 Å². The summed E-state index contributed by atoms with van der Waals surface area (Å²) in [7, 11) is 0. The van der Waals surface area contributed by atoms with Gasteiger partial charge in [-0.2, -0.15) is 13.2 Å². The van der Waals surface area contributed by atoms with Crippen LogP contribution in [0.4, 0.5) is 23.7 Å². The van der Waals surface area contributed by atoms with Gasteiger partial charge in [-0.3, -0.25) is 4.79 Å². The zero-order chi connectivity index (χ0) is 14.2. The van der Waals surface area contributed by atoms with Gasteiger partial charge in [0.1, 0.15) is 6.04 Å². The van der Waals surface area contributed by atoms with Crippen LogP contribution in [-0.2, 0) is 11.0 Å². The van der Waals surface area contributed by atoms with Gasteiger partial charge in [0.25, 0.3) is 5.91 Å². The lowest BCUT2D eigenvalue weighted by molar-refractivity contribution is -0.137. The molecule has 0 aliphatic carbocycles. The van der Waals surface area contributed by atoms with Crippen molar-refractivity contribution >= 4 is 17.6 Å². The molecule has 0 spiro atoms. The van der Waals surface area contributed by atoms with Gasteiger partial charge < -0.3 is 5.32 Å². The topological polar surface area (TPSA) is 49.4 Å². The molecule has 7 heteroatoms. The van der Waals surface area contributed by atoms with Gasteiger partial charge in [-0.1, -0.05) is 13.0 Å². The zero-order valence-corrected chi connectivity index (χ0v) is 9.99. The van der Waals surface area contributed by atoms with Gasteiger partial charge in [-0.15, -0.1) is 0 Å². The molecule has 102 valence electrons. The van der Waals surface area contributed by atoms with E-state index in [1.54, 1.807) is 6.92 Å². The second-order valence-corrected chi connectivity index (χ2v) is 4.13. The van der Waals surface area contributed by atoms with E-state index in [0.717, 1.165) is 23.1 Å². The number of alkyl halides is 3. The van der Waals surface area contributed by atoms with Gasteiger partial charge in [0.2, 0.25) is 0 Å². The Hall–Kier alpha value is -2.05. The van der Waals surface area contributed by atoms with Crippen molar-refractivity contribution < 1.29 is 22.8 Å². The van der Waals surface area contributed by atoms with Gasteiger partial charge in [-0.25, -0.2) is 9.69 Å². The highest BCUT2D eigenvalue weighted by atomic mass is 19.4. The normalized spacial score (nSPS) is 19.8. The molecule has 1 aromatic carbocycles. The summed E-state index contributed by atoms with van der Waals surface area (Å²) in [6.07, 6.45) is -4.13. The first kappa shape index (κ1) is 13.4. The van der Waals surface area contributed by atoms with E-state index in [-0.39, 0.29) is 5.69 Å². The molecule has 0 saturated carbocycles. The number of hydrogen-bond acceptors (Lipinski definition) is 2. The minimum Gasteiger partial charge on any atom is -0.325 e. The first-order valence-corrected chi connectivity index (χ1v) is 5.66. The Morgan fingerprint density at radius 1 is 1.32 bits per heavy atom. The summed E-state index contributed by atoms with van der Waals surface area (Å²) in [4.78, 5) is 24.2. The minimum atomic E-state index is -4.51. The lowest BCUT2D eigenvalue weighted by Crippen LogP contribution is -2.31. The van der Waals surface area contributed by atoms with Crippen LogP contribution in [0.25, 0.3) is 0 Å². The molecule has 1 heterocycles. The summed E-state index contributed by atoms with van der Waals surface area (Å²) in [5.74, 6) is -0.535. The van der Waals surface area contributed by atoms with Gasteiger partial charge in [0, 0.05) is 0 Å². The largest absolute Gasteiger partial charge is 0.416 e. The maximum atomic E-state index is 12.6. The number of carbonyl (C=O) groups excluding carboxylic acids is 2. The van der Waals surface area contributed by atoms with Crippen LogP contribution in [0, 0.1) is 0 Å². The molecule has 1 N–H and O–H groups in total. The Bertz CT molecular complexity index is 528. The smallest absolute Gasteiger partial charge is 0.325 e. The minimum absolute atomic E-state index is 0.0757. The molecule has 1 aliphatic rings. The van der Waals surface area contributed by atoms with Crippen molar-refractivity contribution in [2.24, 2.45) is 0 Å². The van der Waals surface area contributed by atoms with Crippen molar-refractivity contribution in [1.29, 1.82) is 0 Å². The SMILES string of the molecule is CCC1NC(=O)N(c2cccc(C(F)(F)F)c2)C1=O. The van der Waals surface area contributed by atoms with Gasteiger partial charge >= 0.3 is 12.2 Å². The lowest BCUT2D eigenvalue weighted by Gasteiger charge is -2.15. The highest BCUT2D eigenvalue weighted by Gasteiger charge is 2.39. The average Bonchev–Trinajstić information content (AvgIpc) is 2.63. The number of nitrogens with zero attached hydrogens (tertiary/aromatic N) is 1. The van der Waals surface area contributed by atoms with Crippen LogP contribution in [0.5, 0.6) is 0 Å². The summed E-state index contributed by atoms with van der Waals surface area (Å²) in [6, 6.07) is 2.76. The second-order valence-electron chi connectivity index (χ2n) is 4.13. The van der Waals surface area contributed by atoms with Crippen molar-refractivity contribution in [3.63, 3.8) is 0 Å². The van der Waals surface area contributed by atoms with Crippen LogP contribution < -0.4 is 10.2 Å². The standard InChI is InChI=1S/C12H11F3N2O2/c1-2-9-10(18)17(11(19)16-9)8-5-3-4-7(6-8)12(13,14)15/h3-6,9H,2H2,1H3,(H,16,19). The van der Waals surface area contributed by atoms with E-state index < -0.39 is 29.7 Å². The number of benzene rings is 1. The molecule has 0 aromatic heterocycles. The van der Waals surface area contributed by atoms with Crippen LogP contribution in [0.2, 0.25) is 0 Å². The second kappa shape index (κ2) is 4.56. The van der Waals surface area contributed by atoms with Gasteiger partial charge in [-0.05, 0) is 24.6 Å². The highest BCUT2D eigenvalue weighted by Crippen LogP contribution is 2.32. The molecular formula is C12H11F3N2O2. The van der Waals surface area contributed by atoms with E-state index in [1.807, 2.05) is 0 Å². The third-order valence-corrected chi connectivity index (χ3v) is 2.86. The lowest BCUT2D eigenvalue weighted by atomic mass is 10.1. The average molecular weight is 272 g/mol. The number of anilines is 1. The van der Waals surface area contributed by atoms with Crippen LogP contribution in [0.1, 0.15) is 18.9 Å². The molecule has 1 unspecified atom stereocenters. The summed E-state index contributed by atoms with van der Waals surface area (Å²) in [6.45, 7) is 1.71. The molecule has 1 atom stereocenters. The third-order valence-electron chi connectivity index (χ3n) is 2.86. The molecule has 1 fully saturated rings. The molecule has 1 saturated heterocycles. The summed E-state index contributed by atoms with van der Waals surface area (Å²) in [5.41, 5.74) is -0.973. The summed E-state index contributed by atoms with van der Waals surface area (Å²) >= 11 is 0. The van der Waals surface area contributed by atoms with Crippen molar-refractivity contribution in [1.82, 2.24) is 5.32 Å². The predicted octanol–water partition coefficient (Wildman–Crippen LogP) is 2.54. The van der Waals surface area contributed by atoms with E-state index in [0.29, 0.717) is 6.42 Å².